The molecule has 2 aromatic carbocycles. The Balaban J connectivity index is 1.54. The van der Waals surface area contributed by atoms with Crippen molar-refractivity contribution in [1.29, 1.82) is 5.26 Å². The van der Waals surface area contributed by atoms with Gasteiger partial charge in [0.25, 0.3) is 0 Å². The van der Waals surface area contributed by atoms with Gasteiger partial charge < -0.3 is 15.0 Å². The molecular formula is C28H31N5O2. The lowest BCUT2D eigenvalue weighted by molar-refractivity contribution is -0.124. The Morgan fingerprint density at radius 1 is 1.20 bits per heavy atom. The number of aromatic nitrogens is 2. The number of hydrogen-bond acceptors (Lipinski definition) is 7. The minimum absolute atomic E-state index is 0.0391. The molecule has 0 saturated carbocycles. The van der Waals surface area contributed by atoms with E-state index in [-0.39, 0.29) is 11.8 Å². The second kappa shape index (κ2) is 8.94. The van der Waals surface area contributed by atoms with Crippen molar-refractivity contribution < 1.29 is 9.53 Å². The largest absolute Gasteiger partial charge is 0.380 e. The van der Waals surface area contributed by atoms with E-state index in [1.807, 2.05) is 38.1 Å². The molecule has 35 heavy (non-hydrogen) atoms. The molecule has 3 heterocycles. The average Bonchev–Trinajstić information content (AvgIpc) is 2.82. The van der Waals surface area contributed by atoms with E-state index in [1.54, 1.807) is 6.92 Å². The smallest absolute Gasteiger partial charge is 0.161 e. The number of hydrogen-bond donors (Lipinski definition) is 1. The summed E-state index contributed by atoms with van der Waals surface area (Å²) in [4.78, 5) is 24.4. The van der Waals surface area contributed by atoms with Crippen LogP contribution in [-0.4, -0.2) is 42.1 Å². The Morgan fingerprint density at radius 3 is 2.57 bits per heavy atom. The Labute approximate surface area is 206 Å². The highest BCUT2D eigenvalue weighted by Crippen LogP contribution is 2.41. The maximum Gasteiger partial charge on any atom is 0.161 e. The molecule has 2 aliphatic heterocycles. The summed E-state index contributed by atoms with van der Waals surface area (Å²) in [7, 11) is 0. The van der Waals surface area contributed by atoms with Gasteiger partial charge in [-0.15, -0.1) is 0 Å². The maximum atomic E-state index is 12.6. The summed E-state index contributed by atoms with van der Waals surface area (Å²) >= 11 is 0. The maximum absolute atomic E-state index is 12.6. The molecular weight excluding hydrogens is 438 g/mol. The summed E-state index contributed by atoms with van der Waals surface area (Å²) in [5.74, 6) is 1.41. The first-order valence-corrected chi connectivity index (χ1v) is 12.2. The number of aryl methyl sites for hydroxylation is 1. The number of Topliss-reactive ketones (excluding diaryl/α,β-unsaturated/α-hetero) is 1. The van der Waals surface area contributed by atoms with E-state index in [2.05, 4.69) is 34.3 Å². The predicted octanol–water partition coefficient (Wildman–Crippen LogP) is 5.11. The van der Waals surface area contributed by atoms with Crippen LogP contribution in [-0.2, 0) is 4.74 Å². The summed E-state index contributed by atoms with van der Waals surface area (Å²) in [6, 6.07) is 12.0. The van der Waals surface area contributed by atoms with Crippen LogP contribution >= 0.6 is 0 Å². The first kappa shape index (κ1) is 23.3. The molecule has 7 nitrogen and oxygen atoms in total. The second-order valence-corrected chi connectivity index (χ2v) is 10.0. The molecule has 2 fully saturated rings. The third kappa shape index (κ3) is 4.23. The van der Waals surface area contributed by atoms with Crippen LogP contribution in [0.5, 0.6) is 0 Å². The lowest BCUT2D eigenvalue weighted by Gasteiger charge is -2.48. The Morgan fingerprint density at radius 2 is 1.94 bits per heavy atom. The van der Waals surface area contributed by atoms with Gasteiger partial charge in [-0.1, -0.05) is 12.1 Å². The van der Waals surface area contributed by atoms with Gasteiger partial charge in [0.15, 0.2) is 5.78 Å². The number of nitrogens with one attached hydrogen (secondary N) is 1. The number of benzene rings is 2. The van der Waals surface area contributed by atoms with Crippen LogP contribution in [0, 0.1) is 30.6 Å². The molecule has 0 radical (unpaired) electrons. The van der Waals surface area contributed by atoms with E-state index in [0.717, 1.165) is 72.7 Å². The van der Waals surface area contributed by atoms with E-state index < -0.39 is 0 Å². The molecule has 2 saturated heterocycles. The van der Waals surface area contributed by atoms with Crippen LogP contribution in [0.15, 0.2) is 30.3 Å². The normalized spacial score (nSPS) is 17.6. The van der Waals surface area contributed by atoms with Crippen molar-refractivity contribution in [3.8, 4) is 6.07 Å². The number of carbonyl (C=O) groups is 1. The molecule has 7 heteroatoms. The van der Waals surface area contributed by atoms with Crippen LogP contribution in [0.3, 0.4) is 0 Å². The molecule has 1 aromatic heterocycles. The van der Waals surface area contributed by atoms with Gasteiger partial charge in [0.05, 0.1) is 36.4 Å². The average molecular weight is 470 g/mol. The van der Waals surface area contributed by atoms with Crippen molar-refractivity contribution in [2.24, 2.45) is 5.41 Å². The van der Waals surface area contributed by atoms with Crippen molar-refractivity contribution in [1.82, 2.24) is 9.97 Å². The number of carbonyl (C=O) groups excluding carboxylic acids is 1. The van der Waals surface area contributed by atoms with Crippen LogP contribution in [0.1, 0.15) is 65.6 Å². The zero-order valence-electron chi connectivity index (χ0n) is 20.8. The zero-order chi connectivity index (χ0) is 24.7. The molecule has 5 rings (SSSR count). The van der Waals surface area contributed by atoms with Crippen molar-refractivity contribution in [2.45, 2.75) is 46.6 Å². The van der Waals surface area contributed by atoms with Gasteiger partial charge in [-0.05, 0) is 69.9 Å². The third-order valence-electron chi connectivity index (χ3n) is 7.60. The minimum Gasteiger partial charge on any atom is -0.380 e. The van der Waals surface area contributed by atoms with Crippen LogP contribution in [0.4, 0.5) is 11.5 Å². The predicted molar refractivity (Wildman–Crippen MR) is 137 cm³/mol. The highest BCUT2D eigenvalue weighted by atomic mass is 16.5. The second-order valence-electron chi connectivity index (χ2n) is 10.0. The molecule has 0 aliphatic carbocycles. The molecule has 0 bridgehead atoms. The summed E-state index contributed by atoms with van der Waals surface area (Å²) in [5.41, 5.74) is 5.42. The van der Waals surface area contributed by atoms with Crippen molar-refractivity contribution >= 4 is 28.2 Å². The Bertz CT molecular complexity index is 1350. The number of ketones is 1. The molecule has 0 amide bonds. The standard InChI is InChI=1S/C28H31N5O2/c1-17-21(14-29)6-5-7-22(17)18(2)30-27-24-13-26(33-10-8-28(9-11-33)15-35-16-28)23(19(3)34)12-25(24)31-20(4)32-27/h5-7,12-13,18H,8-11,15-16H2,1-4H3,(H,30,31,32)/t18-/m1/s1. The number of rotatable bonds is 5. The lowest BCUT2D eigenvalue weighted by Crippen LogP contribution is -2.51. The fourth-order valence-electron chi connectivity index (χ4n) is 5.36. The van der Waals surface area contributed by atoms with Gasteiger partial charge in [-0.25, -0.2) is 9.97 Å². The fraction of sp³-hybridized carbons (Fsp3) is 0.429. The first-order valence-electron chi connectivity index (χ1n) is 12.2. The van der Waals surface area contributed by atoms with Gasteiger partial charge in [-0.3, -0.25) is 4.79 Å². The zero-order valence-corrected chi connectivity index (χ0v) is 20.8. The highest BCUT2D eigenvalue weighted by molar-refractivity contribution is 6.05. The number of nitriles is 1. The van der Waals surface area contributed by atoms with E-state index in [0.29, 0.717) is 22.4 Å². The molecule has 1 atom stereocenters. The number of fused-ring (bicyclic) bond motifs is 1. The Kier molecular flexibility index (Phi) is 5.94. The fourth-order valence-corrected chi connectivity index (χ4v) is 5.36. The monoisotopic (exact) mass is 469 g/mol. The van der Waals surface area contributed by atoms with E-state index in [1.165, 1.54) is 0 Å². The third-order valence-corrected chi connectivity index (χ3v) is 7.60. The minimum atomic E-state index is -0.0646. The molecule has 2 aliphatic rings. The van der Waals surface area contributed by atoms with Crippen LogP contribution < -0.4 is 10.2 Å². The molecule has 1 spiro atoms. The molecule has 3 aromatic rings. The number of ether oxygens (including phenoxy) is 1. The van der Waals surface area contributed by atoms with E-state index >= 15 is 0 Å². The highest BCUT2D eigenvalue weighted by Gasteiger charge is 2.41. The van der Waals surface area contributed by atoms with E-state index in [4.69, 9.17) is 9.72 Å². The number of piperidine rings is 1. The van der Waals surface area contributed by atoms with Crippen molar-refractivity contribution in [3.05, 3.63) is 58.4 Å². The first-order chi connectivity index (χ1) is 16.8. The summed E-state index contributed by atoms with van der Waals surface area (Å²) in [6.07, 6.45) is 2.15. The summed E-state index contributed by atoms with van der Waals surface area (Å²) in [5, 5.41) is 13.9. The molecule has 1 N–H and O–H groups in total. The lowest BCUT2D eigenvalue weighted by atomic mass is 9.76. The topological polar surface area (TPSA) is 91.1 Å². The van der Waals surface area contributed by atoms with Gasteiger partial charge >= 0.3 is 0 Å². The van der Waals surface area contributed by atoms with E-state index in [9.17, 15) is 10.1 Å². The quantitative estimate of drug-likeness (QED) is 0.519. The van der Waals surface area contributed by atoms with Gasteiger partial charge in [0.1, 0.15) is 11.6 Å². The Hall–Kier alpha value is -3.50. The number of anilines is 2. The van der Waals surface area contributed by atoms with Crippen molar-refractivity contribution in [2.75, 3.05) is 36.5 Å². The summed E-state index contributed by atoms with van der Waals surface area (Å²) in [6.45, 7) is 11.0. The SMILES string of the molecule is CC(=O)c1cc2nc(C)nc(N[C@H](C)c3cccc(C#N)c3C)c2cc1N1CCC2(CC1)COC2. The van der Waals surface area contributed by atoms with Gasteiger partial charge in [0.2, 0.25) is 0 Å². The number of nitrogens with zero attached hydrogens (tertiary/aromatic N) is 4. The van der Waals surface area contributed by atoms with Gasteiger partial charge in [-0.2, -0.15) is 5.26 Å². The van der Waals surface area contributed by atoms with Gasteiger partial charge in [0, 0.05) is 35.1 Å². The summed E-state index contributed by atoms with van der Waals surface area (Å²) < 4.78 is 5.48. The van der Waals surface area contributed by atoms with Crippen LogP contribution in [0.2, 0.25) is 0 Å². The molecule has 180 valence electrons. The molecule has 0 unspecified atom stereocenters. The van der Waals surface area contributed by atoms with Crippen molar-refractivity contribution in [3.63, 3.8) is 0 Å². The van der Waals surface area contributed by atoms with Crippen LogP contribution in [0.25, 0.3) is 10.9 Å².